The molecule has 0 unspecified atom stereocenters. The second-order valence-corrected chi connectivity index (χ2v) is 21.1. The van der Waals surface area contributed by atoms with Crippen LogP contribution in [0.4, 0.5) is 11.4 Å². The highest BCUT2D eigenvalue weighted by Crippen LogP contribution is 2.44. The van der Waals surface area contributed by atoms with Crippen LogP contribution in [0.25, 0.3) is 16.6 Å². The number of anilines is 1. The number of nitro benzene ring substituents is 1. The van der Waals surface area contributed by atoms with Gasteiger partial charge in [0.15, 0.2) is 0 Å². The first-order valence-corrected chi connectivity index (χ1v) is 25.1. The lowest BCUT2D eigenvalue weighted by Crippen LogP contribution is -2.47. The van der Waals surface area contributed by atoms with Gasteiger partial charge in [-0.1, -0.05) is 43.2 Å². The largest absolute Gasteiger partial charge is 0.493 e. The molecule has 1 atom stereocenters. The monoisotopic (exact) mass is 965 g/mol. The van der Waals surface area contributed by atoms with E-state index in [-0.39, 0.29) is 52.9 Å². The van der Waals surface area contributed by atoms with E-state index in [1.807, 2.05) is 18.2 Å². The number of morpholine rings is 1. The van der Waals surface area contributed by atoms with E-state index in [1.165, 1.54) is 35.0 Å². The Balaban J connectivity index is 0.907. The molecule has 2 amide bonds. The van der Waals surface area contributed by atoms with Gasteiger partial charge < -0.3 is 29.0 Å². The molecule has 18 heteroatoms. The van der Waals surface area contributed by atoms with E-state index in [2.05, 4.69) is 50.5 Å². The number of aromatic amines is 1. The predicted molar refractivity (Wildman–Crippen MR) is 259 cm³/mol. The van der Waals surface area contributed by atoms with Crippen LogP contribution in [0.3, 0.4) is 0 Å². The third-order valence-corrected chi connectivity index (χ3v) is 15.1. The molecular formula is C50H56ClN7O9S. The molecule has 1 aliphatic carbocycles. The number of hydrogen-bond acceptors (Lipinski definition) is 12. The van der Waals surface area contributed by atoms with Gasteiger partial charge in [0.05, 0.1) is 47.0 Å². The van der Waals surface area contributed by atoms with Crippen LogP contribution in [0.2, 0.25) is 5.02 Å². The van der Waals surface area contributed by atoms with Crippen LogP contribution in [0.15, 0.2) is 89.6 Å². The Labute approximate surface area is 400 Å². The Morgan fingerprint density at radius 2 is 1.79 bits per heavy atom. The van der Waals surface area contributed by atoms with Gasteiger partial charge in [-0.15, -0.1) is 0 Å². The maximum atomic E-state index is 14.1. The number of rotatable bonds is 14. The summed E-state index contributed by atoms with van der Waals surface area (Å²) < 4.78 is 47.7. The van der Waals surface area contributed by atoms with E-state index >= 15 is 0 Å². The highest BCUT2D eigenvalue weighted by atomic mass is 35.5. The maximum absolute atomic E-state index is 14.1. The lowest BCUT2D eigenvalue weighted by molar-refractivity contribution is -0.386. The molecule has 68 heavy (non-hydrogen) atoms. The SMILES string of the molecule is CC1(C)CCC(CN2CCN(c3ccc(C(=O)NS(=O)(=O)c4cc5c(c([N+](=O)[O-])c4)C[C@@H](CCCC(=O)N4CCOCC4)CO5)c(Oc4cnc5[nH]ccc5c4)c3)CC2)=C(c2ccc(Cl)cc2)C1. The predicted octanol–water partition coefficient (Wildman–Crippen LogP) is 8.40. The molecule has 16 nitrogen and oxygen atoms in total. The fourth-order valence-corrected chi connectivity index (χ4v) is 10.9. The highest BCUT2D eigenvalue weighted by Gasteiger charge is 2.34. The van der Waals surface area contributed by atoms with Crippen LogP contribution in [-0.4, -0.2) is 111 Å². The van der Waals surface area contributed by atoms with Crippen LogP contribution in [0, 0.1) is 21.4 Å². The van der Waals surface area contributed by atoms with Gasteiger partial charge in [0.2, 0.25) is 5.91 Å². The van der Waals surface area contributed by atoms with Crippen molar-refractivity contribution < 1.29 is 37.1 Å². The molecule has 358 valence electrons. The molecule has 3 aliphatic heterocycles. The minimum Gasteiger partial charge on any atom is -0.493 e. The van der Waals surface area contributed by atoms with Crippen molar-refractivity contribution in [2.45, 2.75) is 63.7 Å². The Morgan fingerprint density at radius 1 is 1.01 bits per heavy atom. The average Bonchev–Trinajstić information content (AvgIpc) is 3.80. The Kier molecular flexibility index (Phi) is 13.8. The Morgan fingerprint density at radius 3 is 2.56 bits per heavy atom. The molecule has 0 saturated carbocycles. The molecule has 3 aromatic carbocycles. The summed E-state index contributed by atoms with van der Waals surface area (Å²) in [6.07, 6.45) is 8.24. The number of hydrogen-bond donors (Lipinski definition) is 2. The molecule has 5 aromatic rings. The fourth-order valence-electron chi connectivity index (χ4n) is 9.73. The van der Waals surface area contributed by atoms with Crippen molar-refractivity contribution in [3.05, 3.63) is 117 Å². The van der Waals surface area contributed by atoms with Gasteiger partial charge in [-0.05, 0) is 97.4 Å². The average molecular weight is 967 g/mol. The van der Waals surface area contributed by atoms with E-state index in [4.69, 9.17) is 25.8 Å². The number of piperazine rings is 1. The number of nitro groups is 1. The van der Waals surface area contributed by atoms with Crippen LogP contribution >= 0.6 is 11.6 Å². The number of fused-ring (bicyclic) bond motifs is 2. The third kappa shape index (κ3) is 10.8. The second kappa shape index (κ2) is 19.9. The number of amides is 2. The van der Waals surface area contributed by atoms with Gasteiger partial charge >= 0.3 is 0 Å². The van der Waals surface area contributed by atoms with E-state index in [0.29, 0.717) is 70.1 Å². The van der Waals surface area contributed by atoms with Crippen molar-refractivity contribution in [2.24, 2.45) is 11.3 Å². The number of allylic oxidation sites excluding steroid dienone is 1. The molecular weight excluding hydrogens is 910 g/mol. The zero-order valence-electron chi connectivity index (χ0n) is 38.3. The molecule has 2 N–H and O–H groups in total. The van der Waals surface area contributed by atoms with Gasteiger partial charge in [-0.25, -0.2) is 18.1 Å². The lowest BCUT2D eigenvalue weighted by Gasteiger charge is -2.39. The molecule has 2 fully saturated rings. The van der Waals surface area contributed by atoms with Crippen LogP contribution in [0.5, 0.6) is 17.2 Å². The van der Waals surface area contributed by atoms with Crippen molar-refractivity contribution in [1.82, 2.24) is 24.5 Å². The number of nitrogens with zero attached hydrogens (tertiary/aromatic N) is 5. The summed E-state index contributed by atoms with van der Waals surface area (Å²) in [5.41, 5.74) is 5.52. The highest BCUT2D eigenvalue weighted by molar-refractivity contribution is 7.90. The zero-order valence-corrected chi connectivity index (χ0v) is 39.9. The number of ether oxygens (including phenoxy) is 3. The maximum Gasteiger partial charge on any atom is 0.277 e. The zero-order chi connectivity index (χ0) is 47.6. The van der Waals surface area contributed by atoms with E-state index in [9.17, 15) is 28.1 Å². The van der Waals surface area contributed by atoms with Gasteiger partial charge in [0, 0.05) is 92.7 Å². The summed E-state index contributed by atoms with van der Waals surface area (Å²) in [4.78, 5) is 52.0. The van der Waals surface area contributed by atoms with Gasteiger partial charge in [0.25, 0.3) is 21.6 Å². The van der Waals surface area contributed by atoms with Crippen molar-refractivity contribution in [3.8, 4) is 17.2 Å². The number of aromatic nitrogens is 2. The van der Waals surface area contributed by atoms with Gasteiger partial charge in [-0.3, -0.25) is 24.6 Å². The molecule has 2 aromatic heterocycles. The van der Waals surface area contributed by atoms with Crippen LogP contribution in [-0.2, 0) is 26.0 Å². The summed E-state index contributed by atoms with van der Waals surface area (Å²) in [5.74, 6) is -0.546. The number of nitrogens with one attached hydrogen (secondary N) is 2. The molecule has 9 rings (SSSR count). The van der Waals surface area contributed by atoms with E-state index < -0.39 is 31.4 Å². The standard InChI is InChI=1S/C50H56ClN7O9S/c1-50(2)14-12-36(43(29-50)34-6-8-37(51)9-7-34)31-55-16-18-56(19-17-55)38-10-11-41(46(26-38)67-39-25-35-13-15-52-48(35)53-30-39)49(60)54-68(63,64)40-27-44(58(61)62)42-24-33(32-66-45(42)28-40)4-3-5-47(59)57-20-22-65-23-21-57/h6-11,13,15,25-28,30,33H,3-5,12,14,16-24,29,31-32H2,1-2H3,(H,52,53)(H,54,60)/t33-/m1/s1. The smallest absolute Gasteiger partial charge is 0.277 e. The number of sulfonamides is 1. The molecule has 0 radical (unpaired) electrons. The quantitative estimate of drug-likeness (QED) is 0.0800. The summed E-state index contributed by atoms with van der Waals surface area (Å²) in [7, 11) is -4.67. The number of benzene rings is 3. The second-order valence-electron chi connectivity index (χ2n) is 18.9. The topological polar surface area (TPSA) is 190 Å². The number of pyridine rings is 1. The van der Waals surface area contributed by atoms with Crippen LogP contribution in [0.1, 0.15) is 73.9 Å². The van der Waals surface area contributed by atoms with E-state index in [0.717, 1.165) is 61.1 Å². The third-order valence-electron chi connectivity index (χ3n) is 13.6. The number of carbonyl (C=O) groups is 2. The van der Waals surface area contributed by atoms with Gasteiger partial charge in [-0.2, -0.15) is 0 Å². The lowest BCUT2D eigenvalue weighted by atomic mass is 9.72. The number of carbonyl (C=O) groups excluding carboxylic acids is 2. The van der Waals surface area contributed by atoms with Gasteiger partial charge in [0.1, 0.15) is 22.9 Å². The van der Waals surface area contributed by atoms with E-state index in [1.54, 1.807) is 29.3 Å². The molecule has 5 heterocycles. The van der Waals surface area contributed by atoms with Crippen molar-refractivity contribution in [3.63, 3.8) is 0 Å². The first kappa shape index (κ1) is 47.1. The first-order chi connectivity index (χ1) is 32.7. The molecule has 0 spiro atoms. The number of H-pyrrole nitrogens is 1. The molecule has 4 aliphatic rings. The summed E-state index contributed by atoms with van der Waals surface area (Å²) >= 11 is 6.25. The van der Waals surface area contributed by atoms with Crippen molar-refractivity contribution >= 4 is 61.4 Å². The number of halogens is 1. The van der Waals surface area contributed by atoms with Crippen LogP contribution < -0.4 is 19.1 Å². The Hall–Kier alpha value is -6.01. The molecule has 2 saturated heterocycles. The summed E-state index contributed by atoms with van der Waals surface area (Å²) in [5, 5.41) is 13.9. The first-order valence-electron chi connectivity index (χ1n) is 23.2. The summed E-state index contributed by atoms with van der Waals surface area (Å²) in [6, 6.07) is 19.0. The Bertz CT molecular complexity index is 2850. The minimum atomic E-state index is -4.67. The minimum absolute atomic E-state index is 0.0460. The van der Waals surface area contributed by atoms with Crippen molar-refractivity contribution in [2.75, 3.05) is 70.5 Å². The molecule has 0 bridgehead atoms. The summed E-state index contributed by atoms with van der Waals surface area (Å²) in [6.45, 7) is 10.9. The normalized spacial score (nSPS) is 18.8. The van der Waals surface area contributed by atoms with Crippen molar-refractivity contribution in [1.29, 1.82) is 0 Å². The fraction of sp³-hybridized carbons (Fsp3) is 0.420.